The minimum absolute atomic E-state index is 0.0106. The SMILES string of the molecule is O=C(O)[C@@H]1CCC[C@H]2[C@@H]1[C@@H](O)CC[C@H]2O. The molecular weight excluding hydrogens is 196 g/mol. The highest BCUT2D eigenvalue weighted by molar-refractivity contribution is 5.70. The molecule has 3 N–H and O–H groups in total. The highest BCUT2D eigenvalue weighted by atomic mass is 16.4. The van der Waals surface area contributed by atoms with Crippen molar-refractivity contribution in [1.82, 2.24) is 0 Å². The van der Waals surface area contributed by atoms with Gasteiger partial charge in [0, 0.05) is 5.92 Å². The summed E-state index contributed by atoms with van der Waals surface area (Å²) in [4.78, 5) is 11.1. The molecule has 0 amide bonds. The van der Waals surface area contributed by atoms with Crippen LogP contribution in [0, 0.1) is 17.8 Å². The van der Waals surface area contributed by atoms with Crippen molar-refractivity contribution in [2.45, 2.75) is 44.3 Å². The molecule has 2 fully saturated rings. The third kappa shape index (κ3) is 1.88. The molecule has 0 saturated heterocycles. The molecule has 4 nitrogen and oxygen atoms in total. The minimum Gasteiger partial charge on any atom is -0.481 e. The number of fused-ring (bicyclic) bond motifs is 1. The lowest BCUT2D eigenvalue weighted by Gasteiger charge is -2.44. The van der Waals surface area contributed by atoms with Crippen molar-refractivity contribution < 1.29 is 20.1 Å². The normalized spacial score (nSPS) is 45.9. The first-order valence-electron chi connectivity index (χ1n) is 5.70. The number of carboxylic acids is 1. The molecular formula is C11H18O4. The summed E-state index contributed by atoms with van der Waals surface area (Å²) in [7, 11) is 0. The Bertz CT molecular complexity index is 253. The smallest absolute Gasteiger partial charge is 0.306 e. The molecule has 0 aromatic heterocycles. The van der Waals surface area contributed by atoms with E-state index in [2.05, 4.69) is 0 Å². The van der Waals surface area contributed by atoms with E-state index >= 15 is 0 Å². The summed E-state index contributed by atoms with van der Waals surface area (Å²) in [5.41, 5.74) is 0. The minimum atomic E-state index is -0.821. The molecule has 5 atom stereocenters. The van der Waals surface area contributed by atoms with Gasteiger partial charge >= 0.3 is 5.97 Å². The first kappa shape index (κ1) is 10.9. The number of hydrogen-bond acceptors (Lipinski definition) is 3. The number of rotatable bonds is 1. The van der Waals surface area contributed by atoms with E-state index in [1.54, 1.807) is 0 Å². The molecule has 2 rings (SSSR count). The van der Waals surface area contributed by atoms with Crippen molar-refractivity contribution in [3.8, 4) is 0 Å². The number of aliphatic hydroxyl groups is 2. The second-order valence-corrected chi connectivity index (χ2v) is 4.83. The van der Waals surface area contributed by atoms with Gasteiger partial charge in [0.15, 0.2) is 0 Å². The van der Waals surface area contributed by atoms with Crippen LogP contribution in [0.15, 0.2) is 0 Å². The molecule has 4 heteroatoms. The summed E-state index contributed by atoms with van der Waals surface area (Å²) in [5, 5.41) is 28.8. The van der Waals surface area contributed by atoms with Crippen LogP contribution in [-0.2, 0) is 4.79 Å². The van der Waals surface area contributed by atoms with Crippen molar-refractivity contribution in [3.63, 3.8) is 0 Å². The maximum absolute atomic E-state index is 11.1. The van der Waals surface area contributed by atoms with Crippen LogP contribution < -0.4 is 0 Å². The van der Waals surface area contributed by atoms with E-state index in [0.29, 0.717) is 19.3 Å². The molecule has 0 heterocycles. The highest BCUT2D eigenvalue weighted by Gasteiger charge is 2.46. The summed E-state index contributed by atoms with van der Waals surface area (Å²) >= 11 is 0. The molecule has 86 valence electrons. The lowest BCUT2D eigenvalue weighted by atomic mass is 9.63. The first-order chi connectivity index (χ1) is 7.11. The van der Waals surface area contributed by atoms with Crippen LogP contribution in [0.2, 0.25) is 0 Å². The van der Waals surface area contributed by atoms with Crippen molar-refractivity contribution in [1.29, 1.82) is 0 Å². The quantitative estimate of drug-likeness (QED) is 0.598. The fraction of sp³-hybridized carbons (Fsp3) is 0.909. The van der Waals surface area contributed by atoms with Crippen molar-refractivity contribution in [2.24, 2.45) is 17.8 Å². The van der Waals surface area contributed by atoms with Crippen LogP contribution in [-0.4, -0.2) is 33.5 Å². The van der Waals surface area contributed by atoms with E-state index in [9.17, 15) is 15.0 Å². The zero-order valence-electron chi connectivity index (χ0n) is 8.67. The van der Waals surface area contributed by atoms with E-state index in [1.165, 1.54) is 0 Å². The maximum atomic E-state index is 11.1. The maximum Gasteiger partial charge on any atom is 0.306 e. The average Bonchev–Trinajstić information content (AvgIpc) is 2.23. The van der Waals surface area contributed by atoms with Gasteiger partial charge in [0.05, 0.1) is 18.1 Å². The van der Waals surface area contributed by atoms with E-state index in [1.807, 2.05) is 0 Å². The zero-order chi connectivity index (χ0) is 11.0. The molecule has 0 spiro atoms. The molecule has 0 aromatic carbocycles. The fourth-order valence-corrected chi connectivity index (χ4v) is 3.30. The second kappa shape index (κ2) is 4.10. The molecule has 15 heavy (non-hydrogen) atoms. The lowest BCUT2D eigenvalue weighted by molar-refractivity contribution is -0.155. The number of aliphatic hydroxyl groups excluding tert-OH is 2. The van der Waals surface area contributed by atoms with Gasteiger partial charge in [-0.3, -0.25) is 4.79 Å². The number of aliphatic carboxylic acids is 1. The first-order valence-corrected chi connectivity index (χ1v) is 5.70. The molecule has 2 saturated carbocycles. The molecule has 2 aliphatic carbocycles. The Hall–Kier alpha value is -0.610. The summed E-state index contributed by atoms with van der Waals surface area (Å²) < 4.78 is 0. The zero-order valence-corrected chi connectivity index (χ0v) is 8.67. The van der Waals surface area contributed by atoms with Gasteiger partial charge in [-0.2, -0.15) is 0 Å². The van der Waals surface area contributed by atoms with Crippen LogP contribution in [0.5, 0.6) is 0 Å². The van der Waals surface area contributed by atoms with E-state index in [-0.39, 0.29) is 11.8 Å². The molecule has 0 unspecified atom stereocenters. The Balaban J connectivity index is 2.19. The molecule has 2 aliphatic rings. The van der Waals surface area contributed by atoms with Crippen LogP contribution in [0.4, 0.5) is 0 Å². The largest absolute Gasteiger partial charge is 0.481 e. The summed E-state index contributed by atoms with van der Waals surface area (Å²) in [6.07, 6.45) is 2.52. The van der Waals surface area contributed by atoms with Crippen LogP contribution >= 0.6 is 0 Å². The third-order valence-electron chi connectivity index (χ3n) is 4.03. The Morgan fingerprint density at radius 3 is 2.33 bits per heavy atom. The lowest BCUT2D eigenvalue weighted by Crippen LogP contribution is -2.48. The second-order valence-electron chi connectivity index (χ2n) is 4.83. The monoisotopic (exact) mass is 214 g/mol. The summed E-state index contributed by atoms with van der Waals surface area (Å²) in [6, 6.07) is 0. The number of carboxylic acid groups (broad SMARTS) is 1. The van der Waals surface area contributed by atoms with Gasteiger partial charge < -0.3 is 15.3 Å². The number of hydrogen-bond donors (Lipinski definition) is 3. The van der Waals surface area contributed by atoms with Crippen LogP contribution in [0.3, 0.4) is 0 Å². The van der Waals surface area contributed by atoms with Gasteiger partial charge in [-0.1, -0.05) is 6.42 Å². The third-order valence-corrected chi connectivity index (χ3v) is 4.03. The van der Waals surface area contributed by atoms with Crippen molar-refractivity contribution in [3.05, 3.63) is 0 Å². The average molecular weight is 214 g/mol. The van der Waals surface area contributed by atoms with Crippen molar-refractivity contribution >= 4 is 5.97 Å². The Morgan fingerprint density at radius 2 is 1.67 bits per heavy atom. The van der Waals surface area contributed by atoms with Crippen molar-refractivity contribution in [2.75, 3.05) is 0 Å². The van der Waals surface area contributed by atoms with Gasteiger partial charge in [-0.05, 0) is 31.6 Å². The molecule has 0 aromatic rings. The van der Waals surface area contributed by atoms with Gasteiger partial charge in [0.1, 0.15) is 0 Å². The van der Waals surface area contributed by atoms with E-state index in [4.69, 9.17) is 5.11 Å². The predicted octanol–water partition coefficient (Wildman–Crippen LogP) is 0.619. The van der Waals surface area contributed by atoms with Gasteiger partial charge in [-0.15, -0.1) is 0 Å². The Labute approximate surface area is 88.9 Å². The number of carbonyl (C=O) groups is 1. The molecule has 0 radical (unpaired) electrons. The molecule has 0 bridgehead atoms. The summed E-state index contributed by atoms with van der Waals surface area (Å²) in [5.74, 6) is -1.53. The Morgan fingerprint density at radius 1 is 1.00 bits per heavy atom. The predicted molar refractivity (Wildman–Crippen MR) is 53.2 cm³/mol. The standard InChI is InChI=1S/C11H18O4/c12-8-4-5-9(13)10-6(8)2-1-3-7(10)11(14)15/h6-10,12-13H,1-5H2,(H,14,15)/t6-,7-,8-,9+,10+/m1/s1. The van der Waals surface area contributed by atoms with Gasteiger partial charge in [-0.25, -0.2) is 0 Å². The van der Waals surface area contributed by atoms with E-state index < -0.39 is 24.1 Å². The van der Waals surface area contributed by atoms with Crippen LogP contribution in [0.25, 0.3) is 0 Å². The van der Waals surface area contributed by atoms with E-state index in [0.717, 1.165) is 12.8 Å². The van der Waals surface area contributed by atoms with Gasteiger partial charge in [0.2, 0.25) is 0 Å². The molecule has 0 aliphatic heterocycles. The summed E-state index contributed by atoms with van der Waals surface area (Å²) in [6.45, 7) is 0. The van der Waals surface area contributed by atoms with Gasteiger partial charge in [0.25, 0.3) is 0 Å². The fourth-order valence-electron chi connectivity index (χ4n) is 3.30. The Kier molecular flexibility index (Phi) is 2.98. The van der Waals surface area contributed by atoms with Crippen LogP contribution in [0.1, 0.15) is 32.1 Å². The highest BCUT2D eigenvalue weighted by Crippen LogP contribution is 2.44. The topological polar surface area (TPSA) is 77.8 Å².